The van der Waals surface area contributed by atoms with Crippen molar-refractivity contribution in [2.45, 2.75) is 70.9 Å². The number of benzene rings is 2. The summed E-state index contributed by atoms with van der Waals surface area (Å²) in [7, 11) is 0. The van der Waals surface area contributed by atoms with Crippen molar-refractivity contribution in [3.05, 3.63) is 72.1 Å². The van der Waals surface area contributed by atoms with Crippen LogP contribution in [0.15, 0.2) is 71.7 Å². The fourth-order valence-electron chi connectivity index (χ4n) is 6.74. The molecule has 0 radical (unpaired) electrons. The Labute approximate surface area is 303 Å². The summed E-state index contributed by atoms with van der Waals surface area (Å²) in [5.74, 6) is -1.98. The van der Waals surface area contributed by atoms with E-state index < -0.39 is 23.6 Å². The van der Waals surface area contributed by atoms with Gasteiger partial charge in [-0.1, -0.05) is 18.7 Å². The van der Waals surface area contributed by atoms with Crippen molar-refractivity contribution < 1.29 is 38.1 Å². The number of thiophene rings is 1. The first-order chi connectivity index (χ1) is 24.6. The van der Waals surface area contributed by atoms with Crippen LogP contribution in [0.2, 0.25) is 0 Å². The number of fused-ring (bicyclic) bond motifs is 1. The Hall–Kier alpha value is -4.75. The highest BCUT2D eigenvalue weighted by atomic mass is 32.1. The minimum absolute atomic E-state index is 0.223. The summed E-state index contributed by atoms with van der Waals surface area (Å²) < 4.78 is 23.4. The predicted molar refractivity (Wildman–Crippen MR) is 192 cm³/mol. The molecule has 4 aromatic rings. The third-order valence-electron chi connectivity index (χ3n) is 9.81. The smallest absolute Gasteiger partial charge is 0.335 e. The second-order valence-electron chi connectivity index (χ2n) is 13.2. The van der Waals surface area contributed by atoms with Crippen molar-refractivity contribution in [2.24, 2.45) is 28.8 Å². The van der Waals surface area contributed by atoms with E-state index in [-0.39, 0.29) is 29.7 Å². The molecular formula is C38H39N3O8S2. The number of thiazole rings is 1. The van der Waals surface area contributed by atoms with Gasteiger partial charge in [-0.15, -0.1) is 27.8 Å². The fraction of sp³-hybridized carbons (Fsp3) is 0.395. The van der Waals surface area contributed by atoms with Crippen LogP contribution in [-0.2, 0) is 23.9 Å². The lowest BCUT2D eigenvalue weighted by molar-refractivity contribution is -0.174. The molecule has 266 valence electrons. The molecule has 0 aliphatic heterocycles. The zero-order valence-corrected chi connectivity index (χ0v) is 30.1. The number of esters is 4. The van der Waals surface area contributed by atoms with E-state index in [0.717, 1.165) is 26.2 Å². The van der Waals surface area contributed by atoms with Crippen LogP contribution in [-0.4, -0.2) is 34.6 Å². The van der Waals surface area contributed by atoms with E-state index in [9.17, 15) is 19.2 Å². The van der Waals surface area contributed by atoms with Crippen molar-refractivity contribution >= 4 is 56.8 Å². The number of nitrogens with one attached hydrogen (secondary N) is 1. The Morgan fingerprint density at radius 3 is 2.02 bits per heavy atom. The topological polar surface area (TPSA) is 154 Å². The Morgan fingerprint density at radius 2 is 1.43 bits per heavy atom. The van der Waals surface area contributed by atoms with Gasteiger partial charge in [0.1, 0.15) is 22.0 Å². The zero-order chi connectivity index (χ0) is 36.1. The summed E-state index contributed by atoms with van der Waals surface area (Å²) in [5, 5.41) is 6.68. The summed E-state index contributed by atoms with van der Waals surface area (Å²) in [6, 6.07) is 13.9. The molecule has 0 saturated heterocycles. The van der Waals surface area contributed by atoms with Gasteiger partial charge < -0.3 is 18.9 Å². The number of carbonyl (C=O) groups is 4. The van der Waals surface area contributed by atoms with Crippen LogP contribution in [0.3, 0.4) is 0 Å². The lowest BCUT2D eigenvalue weighted by Gasteiger charge is -2.37. The summed E-state index contributed by atoms with van der Waals surface area (Å²) in [6.45, 7) is 7.03. The molecule has 0 spiro atoms. The molecule has 6 rings (SSSR count). The molecule has 2 aliphatic carbocycles. The highest BCUT2D eigenvalue weighted by Gasteiger charge is 2.43. The summed E-state index contributed by atoms with van der Waals surface area (Å²) in [5.41, 5.74) is 8.35. The van der Waals surface area contributed by atoms with Gasteiger partial charge in [0, 0.05) is 12.0 Å². The molecule has 1 atom stereocenters. The first-order valence-corrected chi connectivity index (χ1v) is 18.7. The minimum Gasteiger partial charge on any atom is -0.435 e. The first-order valence-electron chi connectivity index (χ1n) is 17.0. The fourth-order valence-corrected chi connectivity index (χ4v) is 8.58. The lowest BCUT2D eigenvalue weighted by Crippen LogP contribution is -2.42. The van der Waals surface area contributed by atoms with Crippen LogP contribution in [0.5, 0.6) is 17.2 Å². The van der Waals surface area contributed by atoms with Gasteiger partial charge >= 0.3 is 23.9 Å². The number of aryl methyl sites for hydroxylation is 1. The van der Waals surface area contributed by atoms with E-state index >= 15 is 0 Å². The maximum atomic E-state index is 13.3. The zero-order valence-electron chi connectivity index (χ0n) is 28.4. The quantitative estimate of drug-likeness (QED) is 0.0690. The minimum atomic E-state index is -1.35. The number of rotatable bonds is 11. The number of hydrogen-bond acceptors (Lipinski definition) is 13. The van der Waals surface area contributed by atoms with Crippen LogP contribution < -0.4 is 14.2 Å². The molecule has 51 heavy (non-hydrogen) atoms. The Bertz CT molecular complexity index is 1920. The molecule has 13 heteroatoms. The number of aromatic nitrogens is 1. The number of ether oxygens (including phenoxy) is 4. The third-order valence-corrected chi connectivity index (χ3v) is 12.0. The molecule has 2 saturated carbocycles. The summed E-state index contributed by atoms with van der Waals surface area (Å²) >= 11 is 3.20. The number of hydrogen-bond donors (Lipinski definition) is 1. The van der Waals surface area contributed by atoms with Crippen LogP contribution >= 0.6 is 22.7 Å². The lowest BCUT2D eigenvalue weighted by atomic mass is 9.77. The number of carbonyl (C=O) groups excluding carboxylic acids is 4. The molecule has 2 aromatic heterocycles. The molecule has 0 bridgehead atoms. The van der Waals surface area contributed by atoms with Crippen LogP contribution in [0, 0.1) is 36.1 Å². The molecular weight excluding hydrogens is 691 g/mol. The second kappa shape index (κ2) is 15.6. The van der Waals surface area contributed by atoms with Crippen LogP contribution in [0.1, 0.15) is 63.9 Å². The summed E-state index contributed by atoms with van der Waals surface area (Å²) in [4.78, 5) is 56.7. The van der Waals surface area contributed by atoms with Crippen molar-refractivity contribution in [1.82, 2.24) is 4.98 Å². The van der Waals surface area contributed by atoms with Crippen molar-refractivity contribution in [1.29, 1.82) is 5.53 Å². The van der Waals surface area contributed by atoms with Gasteiger partial charge in [0.2, 0.25) is 5.72 Å². The van der Waals surface area contributed by atoms with E-state index in [1.165, 1.54) is 12.1 Å². The molecule has 1 N–H and O–H groups in total. The molecule has 0 amide bonds. The third kappa shape index (κ3) is 8.26. The predicted octanol–water partition coefficient (Wildman–Crippen LogP) is 8.84. The second-order valence-corrected chi connectivity index (χ2v) is 15.1. The Morgan fingerprint density at radius 1 is 0.843 bits per heavy atom. The van der Waals surface area contributed by atoms with Gasteiger partial charge in [-0.05, 0) is 113 Å². The monoisotopic (exact) mass is 729 g/mol. The van der Waals surface area contributed by atoms with Gasteiger partial charge in [0.05, 0.1) is 27.3 Å². The van der Waals surface area contributed by atoms with Gasteiger partial charge in [-0.2, -0.15) is 0 Å². The van der Waals surface area contributed by atoms with E-state index in [2.05, 4.69) is 11.7 Å². The van der Waals surface area contributed by atoms with Gasteiger partial charge in [0.15, 0.2) is 5.75 Å². The number of nitrogens with zero attached hydrogens (tertiary/aromatic N) is 2. The maximum Gasteiger partial charge on any atom is 0.335 e. The molecule has 2 aliphatic rings. The highest BCUT2D eigenvalue weighted by Crippen LogP contribution is 2.42. The standard InChI is InChI=1S/C38H39N3O8S2/c1-4-31(42)46-27-16-18-28(19-17-27)47-35(43)23-8-10-25(11-9-23)37(45)49-38(3,41-39)26-14-12-24(13-15-26)36(44)48-29-20-7-22(2)33-32(29)40-34(51-33)30-6-5-21-50-30/h4-7,16-21,23-26,39H,1,8-15H2,2-3H3. The molecule has 2 fully saturated rings. The van der Waals surface area contributed by atoms with Crippen LogP contribution in [0.25, 0.3) is 20.1 Å². The molecule has 11 nitrogen and oxygen atoms in total. The average molecular weight is 730 g/mol. The first kappa shape index (κ1) is 36.1. The van der Waals surface area contributed by atoms with Gasteiger partial charge in [-0.3, -0.25) is 14.4 Å². The van der Waals surface area contributed by atoms with Gasteiger partial charge in [-0.25, -0.2) is 15.3 Å². The van der Waals surface area contributed by atoms with E-state index in [0.29, 0.717) is 74.1 Å². The molecule has 1 unspecified atom stereocenters. The van der Waals surface area contributed by atoms with E-state index in [1.807, 2.05) is 30.5 Å². The maximum absolute atomic E-state index is 13.3. The normalized spacial score (nSPS) is 21.5. The summed E-state index contributed by atoms with van der Waals surface area (Å²) in [6.07, 6.45) is 5.00. The Kier molecular flexibility index (Phi) is 11.1. The SMILES string of the molecule is C=CC(=O)Oc1ccc(OC(=O)C2CCC(C(=O)OC(C)(N=N)C3CCC(C(=O)Oc4ccc(C)c5sc(-c6cccs6)nc45)CC3)CC2)cc1. The molecule has 2 aromatic carbocycles. The largest absolute Gasteiger partial charge is 0.435 e. The Balaban J connectivity index is 0.980. The van der Waals surface area contributed by atoms with Crippen molar-refractivity contribution in [2.75, 3.05) is 0 Å². The van der Waals surface area contributed by atoms with Crippen molar-refractivity contribution in [3.8, 4) is 27.1 Å². The van der Waals surface area contributed by atoms with Crippen LogP contribution in [0.4, 0.5) is 0 Å². The van der Waals surface area contributed by atoms with E-state index in [4.69, 9.17) is 29.5 Å². The molecule has 2 heterocycles. The van der Waals surface area contributed by atoms with E-state index in [1.54, 1.807) is 47.8 Å². The highest BCUT2D eigenvalue weighted by molar-refractivity contribution is 7.25. The van der Waals surface area contributed by atoms with Crippen molar-refractivity contribution in [3.63, 3.8) is 0 Å². The average Bonchev–Trinajstić information content (AvgIpc) is 3.85. The van der Waals surface area contributed by atoms with Gasteiger partial charge in [0.25, 0.3) is 0 Å².